The van der Waals surface area contributed by atoms with Crippen LogP contribution in [-0.4, -0.2) is 30.5 Å². The van der Waals surface area contributed by atoms with Crippen LogP contribution in [0.2, 0.25) is 0 Å². The quantitative estimate of drug-likeness (QED) is 0.142. The van der Waals surface area contributed by atoms with Gasteiger partial charge in [-0.2, -0.15) is 18.3 Å². The standard InChI is InChI=1S/C28H30F4N6O3/c1-15(2)37-22-21(11-12-33-25(22)36-27(37)39)40-20-10-9-16(13-19(20)29)35-26-23(41-26)18-14-34-38(24(18)28(30,31)32)17-7-5-3-4-6-8-17/h9-15,17,23,26,35H,3-8H2,1-2H3,(H,33,36,39). The van der Waals surface area contributed by atoms with E-state index in [2.05, 4.69) is 20.4 Å². The summed E-state index contributed by atoms with van der Waals surface area (Å²) in [6.07, 6.45) is 1.58. The van der Waals surface area contributed by atoms with Crippen LogP contribution in [0.4, 0.5) is 23.2 Å². The van der Waals surface area contributed by atoms with E-state index >= 15 is 4.39 Å². The molecule has 13 heteroatoms. The van der Waals surface area contributed by atoms with Gasteiger partial charge in [-0.3, -0.25) is 14.2 Å². The number of benzene rings is 1. The van der Waals surface area contributed by atoms with Gasteiger partial charge in [0.1, 0.15) is 17.3 Å². The highest BCUT2D eigenvalue weighted by molar-refractivity contribution is 5.78. The lowest BCUT2D eigenvalue weighted by molar-refractivity contribution is -0.145. The molecule has 2 aliphatic rings. The summed E-state index contributed by atoms with van der Waals surface area (Å²) in [4.78, 5) is 19.2. The summed E-state index contributed by atoms with van der Waals surface area (Å²) in [7, 11) is 0. The third-order valence-corrected chi connectivity index (χ3v) is 7.61. The maximum atomic E-state index is 15.1. The van der Waals surface area contributed by atoms with E-state index in [1.54, 1.807) is 6.07 Å². The van der Waals surface area contributed by atoms with Crippen LogP contribution in [0.1, 0.15) is 81.8 Å². The SMILES string of the molecule is CC(C)n1c(=O)[nH]c2nccc(Oc3ccc(NC4OC4c4cnn(C5CCCCCC5)c4C(F)(F)F)cc3F)c21. The van der Waals surface area contributed by atoms with Crippen LogP contribution in [0.15, 0.2) is 41.5 Å². The molecule has 0 amide bonds. The second-order valence-electron chi connectivity index (χ2n) is 10.8. The topological polar surface area (TPSA) is 102 Å². The first-order valence-electron chi connectivity index (χ1n) is 13.7. The maximum Gasteiger partial charge on any atom is 0.433 e. The van der Waals surface area contributed by atoms with Crippen molar-refractivity contribution in [3.63, 3.8) is 0 Å². The molecule has 0 bridgehead atoms. The Kier molecular flexibility index (Phi) is 7.00. The first kappa shape index (κ1) is 27.3. The number of fused-ring (bicyclic) bond motifs is 1. The van der Waals surface area contributed by atoms with Gasteiger partial charge in [0, 0.05) is 35.6 Å². The zero-order valence-corrected chi connectivity index (χ0v) is 22.5. The van der Waals surface area contributed by atoms with Gasteiger partial charge in [-0.25, -0.2) is 14.2 Å². The van der Waals surface area contributed by atoms with Gasteiger partial charge in [0.25, 0.3) is 0 Å². The second kappa shape index (κ2) is 10.5. The Balaban J connectivity index is 1.19. The molecule has 2 unspecified atom stereocenters. The molecule has 9 nitrogen and oxygen atoms in total. The van der Waals surface area contributed by atoms with Crippen LogP contribution >= 0.6 is 0 Å². The van der Waals surface area contributed by atoms with Crippen molar-refractivity contribution in [2.45, 2.75) is 83.0 Å². The van der Waals surface area contributed by atoms with Crippen LogP contribution in [0.5, 0.6) is 11.5 Å². The Morgan fingerprint density at radius 1 is 1.12 bits per heavy atom. The number of halogens is 4. The summed E-state index contributed by atoms with van der Waals surface area (Å²) in [5.74, 6) is -0.551. The van der Waals surface area contributed by atoms with Gasteiger partial charge in [-0.15, -0.1) is 0 Å². The van der Waals surface area contributed by atoms with E-state index in [0.717, 1.165) is 30.4 Å². The molecule has 4 heterocycles. The van der Waals surface area contributed by atoms with Crippen molar-refractivity contribution >= 4 is 16.9 Å². The summed E-state index contributed by atoms with van der Waals surface area (Å²) in [5, 5.41) is 7.09. The minimum absolute atomic E-state index is 0.0240. The van der Waals surface area contributed by atoms with Gasteiger partial charge in [-0.05, 0) is 38.8 Å². The highest BCUT2D eigenvalue weighted by Crippen LogP contribution is 2.46. The van der Waals surface area contributed by atoms with Crippen molar-refractivity contribution in [2.24, 2.45) is 0 Å². The van der Waals surface area contributed by atoms with E-state index in [1.807, 2.05) is 13.8 Å². The number of imidazole rings is 1. The lowest BCUT2D eigenvalue weighted by atomic mass is 10.1. The molecular weight excluding hydrogens is 544 g/mol. The molecule has 1 saturated heterocycles. The number of epoxide rings is 1. The predicted molar refractivity (Wildman–Crippen MR) is 142 cm³/mol. The first-order chi connectivity index (χ1) is 19.6. The van der Waals surface area contributed by atoms with Gasteiger partial charge < -0.3 is 14.8 Å². The van der Waals surface area contributed by atoms with E-state index in [0.29, 0.717) is 29.7 Å². The third-order valence-electron chi connectivity index (χ3n) is 7.61. The molecule has 1 saturated carbocycles. The van der Waals surface area contributed by atoms with Crippen molar-refractivity contribution in [1.82, 2.24) is 24.3 Å². The predicted octanol–water partition coefficient (Wildman–Crippen LogP) is 6.86. The summed E-state index contributed by atoms with van der Waals surface area (Å²) in [6, 6.07) is 5.17. The van der Waals surface area contributed by atoms with Gasteiger partial charge in [0.05, 0.1) is 12.2 Å². The number of hydrogen-bond acceptors (Lipinski definition) is 6. The van der Waals surface area contributed by atoms with Crippen molar-refractivity contribution in [2.75, 3.05) is 5.32 Å². The van der Waals surface area contributed by atoms with Gasteiger partial charge in [0.2, 0.25) is 0 Å². The molecule has 218 valence electrons. The number of aromatic amines is 1. The van der Waals surface area contributed by atoms with Crippen LogP contribution in [0, 0.1) is 5.82 Å². The zero-order valence-electron chi connectivity index (χ0n) is 22.5. The van der Waals surface area contributed by atoms with E-state index < -0.39 is 30.0 Å². The Labute approximate surface area is 232 Å². The van der Waals surface area contributed by atoms with Gasteiger partial charge >= 0.3 is 11.9 Å². The number of rotatable bonds is 7. The number of H-pyrrole nitrogens is 1. The number of ether oxygens (including phenoxy) is 2. The molecule has 2 fully saturated rings. The van der Waals surface area contributed by atoms with Gasteiger partial charge in [-0.1, -0.05) is 25.7 Å². The Morgan fingerprint density at radius 3 is 2.56 bits per heavy atom. The molecule has 41 heavy (non-hydrogen) atoms. The monoisotopic (exact) mass is 574 g/mol. The van der Waals surface area contributed by atoms with Gasteiger partial charge in [0.15, 0.2) is 29.2 Å². The van der Waals surface area contributed by atoms with E-state index in [1.165, 1.54) is 35.2 Å². The lowest BCUT2D eigenvalue weighted by Crippen LogP contribution is -2.21. The summed E-state index contributed by atoms with van der Waals surface area (Å²) < 4.78 is 71.6. The molecule has 2 atom stereocenters. The summed E-state index contributed by atoms with van der Waals surface area (Å²) >= 11 is 0. The number of nitrogens with zero attached hydrogens (tertiary/aromatic N) is 4. The molecule has 1 aromatic carbocycles. The molecule has 1 aliphatic heterocycles. The molecule has 3 aromatic heterocycles. The first-order valence-corrected chi connectivity index (χ1v) is 13.7. The number of pyridine rings is 1. The van der Waals surface area contributed by atoms with E-state index in [9.17, 15) is 18.0 Å². The van der Waals surface area contributed by atoms with Crippen LogP contribution in [-0.2, 0) is 10.9 Å². The number of alkyl halides is 3. The van der Waals surface area contributed by atoms with Crippen molar-refractivity contribution in [3.05, 3.63) is 64.2 Å². The van der Waals surface area contributed by atoms with Crippen LogP contribution < -0.4 is 15.7 Å². The van der Waals surface area contributed by atoms with Crippen LogP contribution in [0.3, 0.4) is 0 Å². The largest absolute Gasteiger partial charge is 0.452 e. The number of nitrogens with one attached hydrogen (secondary N) is 2. The fraction of sp³-hybridized carbons (Fsp3) is 0.464. The minimum Gasteiger partial charge on any atom is -0.452 e. The Hall–Kier alpha value is -3.87. The smallest absolute Gasteiger partial charge is 0.433 e. The molecular formula is C28H30F4N6O3. The molecule has 0 radical (unpaired) electrons. The molecule has 1 aliphatic carbocycles. The minimum atomic E-state index is -4.59. The average molecular weight is 575 g/mol. The highest BCUT2D eigenvalue weighted by Gasteiger charge is 2.49. The highest BCUT2D eigenvalue weighted by atomic mass is 19.4. The van der Waals surface area contributed by atoms with Crippen molar-refractivity contribution < 1.29 is 27.0 Å². The normalized spacial score (nSPS) is 20.0. The third kappa shape index (κ3) is 5.30. The Morgan fingerprint density at radius 2 is 1.88 bits per heavy atom. The van der Waals surface area contributed by atoms with E-state index in [-0.39, 0.29) is 34.8 Å². The van der Waals surface area contributed by atoms with Crippen molar-refractivity contribution in [1.29, 1.82) is 0 Å². The summed E-state index contributed by atoms with van der Waals surface area (Å²) in [6.45, 7) is 3.67. The molecule has 6 rings (SSSR count). The summed E-state index contributed by atoms with van der Waals surface area (Å²) in [5.41, 5.74) is -0.115. The zero-order chi connectivity index (χ0) is 28.9. The number of anilines is 1. The lowest BCUT2D eigenvalue weighted by Gasteiger charge is -2.20. The fourth-order valence-corrected chi connectivity index (χ4v) is 5.67. The molecule has 4 aromatic rings. The maximum absolute atomic E-state index is 15.1. The number of aromatic nitrogens is 5. The second-order valence-corrected chi connectivity index (χ2v) is 10.8. The number of hydrogen-bond donors (Lipinski definition) is 2. The molecule has 0 spiro atoms. The average Bonchev–Trinajstić information content (AvgIpc) is 3.48. The molecule has 2 N–H and O–H groups in total. The van der Waals surface area contributed by atoms with E-state index in [4.69, 9.17) is 9.47 Å². The van der Waals surface area contributed by atoms with Crippen LogP contribution in [0.25, 0.3) is 11.2 Å². The van der Waals surface area contributed by atoms with Crippen molar-refractivity contribution in [3.8, 4) is 11.5 Å². The Bertz CT molecular complexity index is 1620. The fourth-order valence-electron chi connectivity index (χ4n) is 5.67.